The van der Waals surface area contributed by atoms with Crippen LogP contribution in [0.15, 0.2) is 71.9 Å². The third-order valence-electron chi connectivity index (χ3n) is 2.51. The van der Waals surface area contributed by atoms with Crippen LogP contribution in [0.3, 0.4) is 0 Å². The number of pyridine rings is 1. The quantitative estimate of drug-likeness (QED) is 0.754. The van der Waals surface area contributed by atoms with E-state index in [1.165, 1.54) is 12.3 Å². The van der Waals surface area contributed by atoms with E-state index in [-0.39, 0.29) is 18.0 Å². The van der Waals surface area contributed by atoms with Gasteiger partial charge in [0.2, 0.25) is 5.95 Å². The fourth-order valence-electron chi connectivity index (χ4n) is 1.51. The topological polar surface area (TPSA) is 94.5 Å². The van der Waals surface area contributed by atoms with Crippen molar-refractivity contribution in [2.75, 3.05) is 5.32 Å². The van der Waals surface area contributed by atoms with Gasteiger partial charge in [-0.25, -0.2) is 4.98 Å². The molecular formula is C16H14ClN5O. The van der Waals surface area contributed by atoms with E-state index in [0.29, 0.717) is 11.5 Å². The van der Waals surface area contributed by atoms with Gasteiger partial charge in [-0.2, -0.15) is 5.26 Å². The molecule has 23 heavy (non-hydrogen) atoms. The number of aromatic amines is 1. The molecule has 6 nitrogen and oxygen atoms in total. The summed E-state index contributed by atoms with van der Waals surface area (Å²) in [7, 11) is 0. The maximum Gasteiger partial charge on any atom is 0.252 e. The average molecular weight is 328 g/mol. The smallest absolute Gasteiger partial charge is 0.252 e. The predicted octanol–water partition coefficient (Wildman–Crippen LogP) is 2.89. The fourth-order valence-corrected chi connectivity index (χ4v) is 1.51. The van der Waals surface area contributed by atoms with Gasteiger partial charge in [-0.3, -0.25) is 14.8 Å². The standard InChI is InChI=1S/C11H8N4O.C5H5N.ClH/c12-7-8-1-3-9(4-2-8)14-11-13-6-5-10(16)15-11;1-2-4-6-5-3-1;/h1-6H,(H2,13,14,15,16);1-5H;1H. The maximum atomic E-state index is 11.0. The highest BCUT2D eigenvalue weighted by Crippen LogP contribution is 2.12. The van der Waals surface area contributed by atoms with Crippen LogP contribution in [-0.4, -0.2) is 15.0 Å². The van der Waals surface area contributed by atoms with Crippen LogP contribution in [0.2, 0.25) is 0 Å². The van der Waals surface area contributed by atoms with Crippen molar-refractivity contribution in [2.45, 2.75) is 0 Å². The summed E-state index contributed by atoms with van der Waals surface area (Å²) < 4.78 is 0. The third kappa shape index (κ3) is 6.42. The molecule has 0 aliphatic rings. The van der Waals surface area contributed by atoms with Gasteiger partial charge in [0, 0.05) is 30.3 Å². The minimum absolute atomic E-state index is 0. The summed E-state index contributed by atoms with van der Waals surface area (Å²) in [5.41, 5.74) is 1.12. The first-order valence-corrected chi connectivity index (χ1v) is 6.45. The van der Waals surface area contributed by atoms with E-state index in [1.807, 2.05) is 24.3 Å². The fraction of sp³-hybridized carbons (Fsp3) is 0. The molecule has 1 aromatic carbocycles. The monoisotopic (exact) mass is 327 g/mol. The number of nitrogens with zero attached hydrogens (tertiary/aromatic N) is 3. The molecular weight excluding hydrogens is 314 g/mol. The second-order valence-corrected chi connectivity index (χ2v) is 4.12. The van der Waals surface area contributed by atoms with Gasteiger partial charge in [-0.15, -0.1) is 12.4 Å². The molecule has 0 atom stereocenters. The predicted molar refractivity (Wildman–Crippen MR) is 90.8 cm³/mol. The molecule has 2 aromatic heterocycles. The second kappa shape index (κ2) is 9.71. The van der Waals surface area contributed by atoms with E-state index in [4.69, 9.17) is 5.26 Å². The lowest BCUT2D eigenvalue weighted by molar-refractivity contribution is 1.12. The Morgan fingerprint density at radius 3 is 2.17 bits per heavy atom. The summed E-state index contributed by atoms with van der Waals surface area (Å²) in [6, 6.07) is 15.9. The van der Waals surface area contributed by atoms with Gasteiger partial charge in [0.25, 0.3) is 5.56 Å². The number of H-pyrrole nitrogens is 1. The summed E-state index contributed by atoms with van der Waals surface area (Å²) in [6.45, 7) is 0. The lowest BCUT2D eigenvalue weighted by Crippen LogP contribution is -2.08. The molecule has 116 valence electrons. The normalized spacial score (nSPS) is 8.65. The average Bonchev–Trinajstić information content (AvgIpc) is 2.58. The Kier molecular flexibility index (Phi) is 7.55. The van der Waals surface area contributed by atoms with Crippen molar-refractivity contribution in [3.05, 3.63) is 83.0 Å². The van der Waals surface area contributed by atoms with Crippen LogP contribution in [0.5, 0.6) is 0 Å². The zero-order valence-electron chi connectivity index (χ0n) is 12.0. The SMILES string of the molecule is Cl.N#Cc1ccc(Nc2nccc(=O)[nH]2)cc1.c1ccncc1. The van der Waals surface area contributed by atoms with Crippen LogP contribution < -0.4 is 10.9 Å². The number of nitriles is 1. The van der Waals surface area contributed by atoms with Gasteiger partial charge >= 0.3 is 0 Å². The van der Waals surface area contributed by atoms with Crippen molar-refractivity contribution in [3.63, 3.8) is 0 Å². The Labute approximate surface area is 139 Å². The molecule has 0 saturated heterocycles. The Morgan fingerprint density at radius 1 is 1.00 bits per heavy atom. The van der Waals surface area contributed by atoms with Crippen molar-refractivity contribution >= 4 is 24.0 Å². The molecule has 0 saturated carbocycles. The Hall–Kier alpha value is -3.17. The highest BCUT2D eigenvalue weighted by molar-refractivity contribution is 5.85. The van der Waals surface area contributed by atoms with E-state index < -0.39 is 0 Å². The molecule has 7 heteroatoms. The molecule has 3 aromatic rings. The largest absolute Gasteiger partial charge is 0.326 e. The van der Waals surface area contributed by atoms with Crippen molar-refractivity contribution in [1.29, 1.82) is 5.26 Å². The first-order valence-electron chi connectivity index (χ1n) is 6.45. The minimum atomic E-state index is -0.217. The van der Waals surface area contributed by atoms with E-state index in [2.05, 4.69) is 20.3 Å². The molecule has 0 unspecified atom stereocenters. The number of aromatic nitrogens is 3. The van der Waals surface area contributed by atoms with Crippen molar-refractivity contribution in [3.8, 4) is 6.07 Å². The van der Waals surface area contributed by atoms with Gasteiger partial charge in [0.1, 0.15) is 0 Å². The Bertz CT molecular complexity index is 770. The molecule has 0 bridgehead atoms. The first kappa shape index (κ1) is 17.9. The van der Waals surface area contributed by atoms with Gasteiger partial charge in [0.05, 0.1) is 11.6 Å². The molecule has 0 aliphatic carbocycles. The molecule has 0 fully saturated rings. The van der Waals surface area contributed by atoms with Crippen LogP contribution in [0.25, 0.3) is 0 Å². The van der Waals surface area contributed by atoms with Gasteiger partial charge < -0.3 is 5.32 Å². The van der Waals surface area contributed by atoms with Crippen LogP contribution in [0, 0.1) is 11.3 Å². The third-order valence-corrected chi connectivity index (χ3v) is 2.51. The van der Waals surface area contributed by atoms with E-state index in [1.54, 1.807) is 36.7 Å². The summed E-state index contributed by atoms with van der Waals surface area (Å²) in [5.74, 6) is 0.372. The van der Waals surface area contributed by atoms with Crippen molar-refractivity contribution in [1.82, 2.24) is 15.0 Å². The number of anilines is 2. The van der Waals surface area contributed by atoms with Crippen LogP contribution in [-0.2, 0) is 0 Å². The Balaban J connectivity index is 0.000000320. The minimum Gasteiger partial charge on any atom is -0.326 e. The maximum absolute atomic E-state index is 11.0. The highest BCUT2D eigenvalue weighted by Gasteiger charge is 1.96. The van der Waals surface area contributed by atoms with E-state index in [9.17, 15) is 4.79 Å². The number of hydrogen-bond donors (Lipinski definition) is 2. The molecule has 0 spiro atoms. The van der Waals surface area contributed by atoms with Crippen molar-refractivity contribution < 1.29 is 0 Å². The molecule has 3 rings (SSSR count). The lowest BCUT2D eigenvalue weighted by Gasteiger charge is -2.03. The molecule has 0 aliphatic heterocycles. The lowest BCUT2D eigenvalue weighted by atomic mass is 10.2. The molecule has 0 amide bonds. The zero-order valence-corrected chi connectivity index (χ0v) is 12.8. The number of nitrogens with one attached hydrogen (secondary N) is 2. The Morgan fingerprint density at radius 2 is 1.70 bits per heavy atom. The van der Waals surface area contributed by atoms with E-state index >= 15 is 0 Å². The molecule has 0 radical (unpaired) electrons. The second-order valence-electron chi connectivity index (χ2n) is 4.12. The highest BCUT2D eigenvalue weighted by atomic mass is 35.5. The van der Waals surface area contributed by atoms with Gasteiger partial charge in [-0.05, 0) is 36.4 Å². The van der Waals surface area contributed by atoms with Crippen LogP contribution in [0.4, 0.5) is 11.6 Å². The van der Waals surface area contributed by atoms with Crippen LogP contribution in [0.1, 0.15) is 5.56 Å². The number of rotatable bonds is 2. The van der Waals surface area contributed by atoms with Crippen molar-refractivity contribution in [2.24, 2.45) is 0 Å². The molecule has 2 N–H and O–H groups in total. The number of hydrogen-bond acceptors (Lipinski definition) is 5. The van der Waals surface area contributed by atoms with Crippen LogP contribution >= 0.6 is 12.4 Å². The zero-order chi connectivity index (χ0) is 15.6. The summed E-state index contributed by atoms with van der Waals surface area (Å²) in [4.78, 5) is 21.3. The number of benzene rings is 1. The summed E-state index contributed by atoms with van der Waals surface area (Å²) in [5, 5.41) is 11.5. The molecule has 2 heterocycles. The van der Waals surface area contributed by atoms with Gasteiger partial charge in [-0.1, -0.05) is 6.07 Å². The summed E-state index contributed by atoms with van der Waals surface area (Å²) >= 11 is 0. The van der Waals surface area contributed by atoms with E-state index in [0.717, 1.165) is 5.69 Å². The number of halogens is 1. The van der Waals surface area contributed by atoms with Gasteiger partial charge in [0.15, 0.2) is 0 Å². The summed E-state index contributed by atoms with van der Waals surface area (Å²) in [6.07, 6.45) is 4.92. The first-order chi connectivity index (χ1) is 10.8.